The van der Waals surface area contributed by atoms with Crippen LogP contribution in [-0.4, -0.2) is 43.2 Å². The monoisotopic (exact) mass is 265 g/mol. The van der Waals surface area contributed by atoms with Gasteiger partial charge in [-0.25, -0.2) is 9.97 Å². The molecule has 1 rings (SSSR count). The Hall–Kier alpha value is -1.36. The molecule has 0 bridgehead atoms. The molecule has 0 fully saturated rings. The topological polar surface area (TPSA) is 58.3 Å². The number of aromatic nitrogens is 2. The van der Waals surface area contributed by atoms with Gasteiger partial charge in [-0.2, -0.15) is 0 Å². The van der Waals surface area contributed by atoms with Crippen LogP contribution in [0.2, 0.25) is 0 Å². The fraction of sp³-hybridized carbons (Fsp3) is 0.714. The molecule has 19 heavy (non-hydrogen) atoms. The van der Waals surface area contributed by atoms with Crippen molar-refractivity contribution in [2.24, 2.45) is 11.1 Å². The van der Waals surface area contributed by atoms with Gasteiger partial charge < -0.3 is 15.5 Å². The summed E-state index contributed by atoms with van der Waals surface area (Å²) >= 11 is 0. The smallest absolute Gasteiger partial charge is 0.134 e. The first-order chi connectivity index (χ1) is 8.74. The molecule has 0 spiro atoms. The van der Waals surface area contributed by atoms with E-state index in [9.17, 15) is 0 Å². The van der Waals surface area contributed by atoms with Gasteiger partial charge in [0.1, 0.15) is 18.0 Å². The lowest BCUT2D eigenvalue weighted by atomic mass is 9.96. The first-order valence-corrected chi connectivity index (χ1v) is 6.70. The molecule has 1 aromatic rings. The fourth-order valence-corrected chi connectivity index (χ4v) is 1.92. The molecule has 108 valence electrons. The van der Waals surface area contributed by atoms with Crippen LogP contribution in [-0.2, 0) is 0 Å². The van der Waals surface area contributed by atoms with E-state index >= 15 is 0 Å². The van der Waals surface area contributed by atoms with Gasteiger partial charge in [0.25, 0.3) is 0 Å². The minimum Gasteiger partial charge on any atom is -0.359 e. The number of likely N-dealkylation sites (N-methyl/N-ethyl adjacent to an activating group) is 1. The number of hydrogen-bond acceptors (Lipinski definition) is 5. The molecule has 0 aliphatic heterocycles. The summed E-state index contributed by atoms with van der Waals surface area (Å²) in [5, 5.41) is 0. The van der Waals surface area contributed by atoms with Crippen LogP contribution in [0.3, 0.4) is 0 Å². The molecule has 1 unspecified atom stereocenters. The molecule has 0 aliphatic rings. The van der Waals surface area contributed by atoms with Gasteiger partial charge in [-0.05, 0) is 12.3 Å². The summed E-state index contributed by atoms with van der Waals surface area (Å²) in [5.74, 6) is 1.85. The van der Waals surface area contributed by atoms with Crippen LogP contribution in [0.1, 0.15) is 27.7 Å². The fourth-order valence-electron chi connectivity index (χ4n) is 1.92. The molecule has 0 saturated heterocycles. The molecule has 5 heteroatoms. The highest BCUT2D eigenvalue weighted by Gasteiger charge is 2.16. The van der Waals surface area contributed by atoms with Crippen molar-refractivity contribution in [3.05, 3.63) is 12.4 Å². The highest BCUT2D eigenvalue weighted by Crippen LogP contribution is 2.21. The van der Waals surface area contributed by atoms with Crippen LogP contribution in [0, 0.1) is 5.41 Å². The minimum atomic E-state index is 0.232. The molecule has 1 aromatic heterocycles. The highest BCUT2D eigenvalue weighted by atomic mass is 15.2. The van der Waals surface area contributed by atoms with E-state index in [1.54, 1.807) is 6.33 Å². The zero-order valence-electron chi connectivity index (χ0n) is 13.0. The summed E-state index contributed by atoms with van der Waals surface area (Å²) in [6.45, 7) is 10.3. The van der Waals surface area contributed by atoms with Crippen molar-refractivity contribution < 1.29 is 0 Å². The van der Waals surface area contributed by atoms with Crippen LogP contribution in [0.4, 0.5) is 11.6 Å². The molecule has 0 aliphatic carbocycles. The standard InChI is InChI=1S/C14H27N5/c1-11(8-15)19(6)13-7-12(16-10-17-13)18(5)9-14(2,3)4/h7,10-11H,8-9,15H2,1-6H3. The largest absolute Gasteiger partial charge is 0.359 e. The van der Waals surface area contributed by atoms with Gasteiger partial charge in [0.05, 0.1) is 0 Å². The van der Waals surface area contributed by atoms with Gasteiger partial charge in [-0.3, -0.25) is 0 Å². The van der Waals surface area contributed by atoms with E-state index in [1.165, 1.54) is 0 Å². The Morgan fingerprint density at radius 1 is 1.21 bits per heavy atom. The van der Waals surface area contributed by atoms with Crippen LogP contribution in [0.25, 0.3) is 0 Å². The zero-order chi connectivity index (χ0) is 14.6. The van der Waals surface area contributed by atoms with Crippen molar-refractivity contribution in [2.45, 2.75) is 33.7 Å². The van der Waals surface area contributed by atoms with Crippen molar-refractivity contribution in [3.63, 3.8) is 0 Å². The van der Waals surface area contributed by atoms with Crippen molar-refractivity contribution in [3.8, 4) is 0 Å². The average molecular weight is 265 g/mol. The maximum absolute atomic E-state index is 5.70. The third kappa shape index (κ3) is 4.67. The first-order valence-electron chi connectivity index (χ1n) is 6.70. The molecule has 0 radical (unpaired) electrons. The number of rotatable bonds is 5. The van der Waals surface area contributed by atoms with Crippen molar-refractivity contribution in [1.29, 1.82) is 0 Å². The van der Waals surface area contributed by atoms with E-state index in [2.05, 4.69) is 54.5 Å². The summed E-state index contributed by atoms with van der Waals surface area (Å²) in [6, 6.07) is 2.27. The van der Waals surface area contributed by atoms with Gasteiger partial charge in [-0.15, -0.1) is 0 Å². The van der Waals surface area contributed by atoms with Gasteiger partial charge in [0.2, 0.25) is 0 Å². The third-order valence-corrected chi connectivity index (χ3v) is 3.10. The molecule has 5 nitrogen and oxygen atoms in total. The average Bonchev–Trinajstić information content (AvgIpc) is 2.35. The van der Waals surface area contributed by atoms with Gasteiger partial charge in [-0.1, -0.05) is 20.8 Å². The molecule has 2 N–H and O–H groups in total. The lowest BCUT2D eigenvalue weighted by molar-refractivity contribution is 0.417. The molecule has 0 amide bonds. The van der Waals surface area contributed by atoms with E-state index in [1.807, 2.05) is 13.1 Å². The predicted molar refractivity (Wildman–Crippen MR) is 81.7 cm³/mol. The number of hydrogen-bond donors (Lipinski definition) is 1. The summed E-state index contributed by atoms with van der Waals surface area (Å²) in [4.78, 5) is 12.9. The normalized spacial score (nSPS) is 13.2. The molecule has 0 saturated carbocycles. The lowest BCUT2D eigenvalue weighted by Crippen LogP contribution is -2.36. The number of anilines is 2. The van der Waals surface area contributed by atoms with Gasteiger partial charge in [0, 0.05) is 39.3 Å². The van der Waals surface area contributed by atoms with Gasteiger partial charge >= 0.3 is 0 Å². The van der Waals surface area contributed by atoms with Gasteiger partial charge in [0.15, 0.2) is 0 Å². The van der Waals surface area contributed by atoms with E-state index in [0.29, 0.717) is 6.54 Å². The quantitative estimate of drug-likeness (QED) is 0.879. The maximum atomic E-state index is 5.70. The first kappa shape index (κ1) is 15.7. The summed E-state index contributed by atoms with van der Waals surface area (Å²) in [5.41, 5.74) is 5.93. The molecule has 0 aromatic carbocycles. The van der Waals surface area contributed by atoms with Crippen LogP contribution in [0.15, 0.2) is 12.4 Å². The summed E-state index contributed by atoms with van der Waals surface area (Å²) in [6.07, 6.45) is 1.61. The number of nitrogens with two attached hydrogens (primary N) is 1. The van der Waals surface area contributed by atoms with E-state index < -0.39 is 0 Å². The molecular formula is C14H27N5. The number of nitrogens with zero attached hydrogens (tertiary/aromatic N) is 4. The third-order valence-electron chi connectivity index (χ3n) is 3.10. The Kier molecular flexibility index (Phi) is 5.11. The lowest BCUT2D eigenvalue weighted by Gasteiger charge is -2.29. The van der Waals surface area contributed by atoms with Crippen molar-refractivity contribution >= 4 is 11.6 Å². The second kappa shape index (κ2) is 6.19. The van der Waals surface area contributed by atoms with Crippen molar-refractivity contribution in [2.75, 3.05) is 37.0 Å². The minimum absolute atomic E-state index is 0.232. The molecule has 1 atom stereocenters. The zero-order valence-corrected chi connectivity index (χ0v) is 13.0. The van der Waals surface area contributed by atoms with E-state index in [-0.39, 0.29) is 11.5 Å². The Morgan fingerprint density at radius 2 is 1.79 bits per heavy atom. The Labute approximate surface area is 116 Å². The van der Waals surface area contributed by atoms with Crippen molar-refractivity contribution in [1.82, 2.24) is 9.97 Å². The second-order valence-corrected chi connectivity index (χ2v) is 6.35. The van der Waals surface area contributed by atoms with E-state index in [0.717, 1.165) is 18.2 Å². The SMILES string of the molecule is CC(CN)N(C)c1cc(N(C)CC(C)(C)C)ncn1. The molecule has 1 heterocycles. The second-order valence-electron chi connectivity index (χ2n) is 6.35. The summed E-state index contributed by atoms with van der Waals surface area (Å²) in [7, 11) is 4.07. The van der Waals surface area contributed by atoms with E-state index in [4.69, 9.17) is 5.73 Å². The Bertz CT molecular complexity index is 399. The molecular weight excluding hydrogens is 238 g/mol. The summed E-state index contributed by atoms with van der Waals surface area (Å²) < 4.78 is 0. The predicted octanol–water partition coefficient (Wildman–Crippen LogP) is 1.74. The van der Waals surface area contributed by atoms with Crippen LogP contribution >= 0.6 is 0 Å². The Balaban J connectivity index is 2.88. The maximum Gasteiger partial charge on any atom is 0.134 e. The van der Waals surface area contributed by atoms with Crippen LogP contribution < -0.4 is 15.5 Å². The van der Waals surface area contributed by atoms with Crippen LogP contribution in [0.5, 0.6) is 0 Å². The highest BCUT2D eigenvalue weighted by molar-refractivity contribution is 5.49. The Morgan fingerprint density at radius 3 is 2.32 bits per heavy atom.